The highest BCUT2D eigenvalue weighted by Gasteiger charge is 2.41. The summed E-state index contributed by atoms with van der Waals surface area (Å²) in [5, 5.41) is 7.63. The average Bonchev–Trinajstić information content (AvgIpc) is 3.37. The van der Waals surface area contributed by atoms with Crippen molar-refractivity contribution in [3.8, 4) is 5.75 Å². The Balaban J connectivity index is 1.57. The van der Waals surface area contributed by atoms with E-state index in [-0.39, 0.29) is 12.3 Å². The number of benzene rings is 2. The highest BCUT2D eigenvalue weighted by molar-refractivity contribution is 6.30. The van der Waals surface area contributed by atoms with Gasteiger partial charge in [0, 0.05) is 22.6 Å². The van der Waals surface area contributed by atoms with Crippen molar-refractivity contribution >= 4 is 17.3 Å². The highest BCUT2D eigenvalue weighted by atomic mass is 35.5. The van der Waals surface area contributed by atoms with Crippen LogP contribution in [0.3, 0.4) is 0 Å². The molecule has 2 aromatic carbocycles. The zero-order valence-corrected chi connectivity index (χ0v) is 16.6. The van der Waals surface area contributed by atoms with E-state index in [1.54, 1.807) is 6.26 Å². The fraction of sp³-hybridized carbons (Fsp3) is 0.261. The molecule has 2 aliphatic heterocycles. The van der Waals surface area contributed by atoms with Crippen molar-refractivity contribution in [2.45, 2.75) is 38.5 Å². The Kier molecular flexibility index (Phi) is 4.17. The molecule has 0 saturated heterocycles. The maximum atomic E-state index is 6.38. The molecule has 0 fully saturated rings. The predicted molar refractivity (Wildman–Crippen MR) is 110 cm³/mol. The monoisotopic (exact) mass is 392 g/mol. The lowest BCUT2D eigenvalue weighted by molar-refractivity contribution is -0.0190. The number of furan rings is 1. The maximum absolute atomic E-state index is 6.38. The van der Waals surface area contributed by atoms with Gasteiger partial charge in [0.2, 0.25) is 6.23 Å². The quantitative estimate of drug-likeness (QED) is 0.525. The van der Waals surface area contributed by atoms with Gasteiger partial charge in [-0.15, -0.1) is 0 Å². The van der Waals surface area contributed by atoms with E-state index in [2.05, 4.69) is 38.1 Å². The van der Waals surface area contributed by atoms with Crippen molar-refractivity contribution in [3.63, 3.8) is 0 Å². The first kappa shape index (κ1) is 17.4. The lowest BCUT2D eigenvalue weighted by Crippen LogP contribution is -2.33. The first-order valence-corrected chi connectivity index (χ1v) is 9.93. The minimum absolute atomic E-state index is 0.0670. The molecule has 5 rings (SSSR count). The fourth-order valence-electron chi connectivity index (χ4n) is 3.92. The van der Waals surface area contributed by atoms with E-state index in [4.69, 9.17) is 25.9 Å². The van der Waals surface area contributed by atoms with E-state index in [1.165, 1.54) is 5.56 Å². The molecule has 5 heteroatoms. The molecule has 0 radical (unpaired) electrons. The molecule has 0 bridgehead atoms. The summed E-state index contributed by atoms with van der Waals surface area (Å²) in [6, 6.07) is 18.3. The zero-order chi connectivity index (χ0) is 19.3. The first-order chi connectivity index (χ1) is 13.6. The van der Waals surface area contributed by atoms with Crippen LogP contribution in [0.4, 0.5) is 0 Å². The normalized spacial score (nSPS) is 20.6. The van der Waals surface area contributed by atoms with Crippen molar-refractivity contribution in [2.75, 3.05) is 0 Å². The summed E-state index contributed by atoms with van der Waals surface area (Å²) >= 11 is 6.27. The molecule has 1 aromatic heterocycles. The van der Waals surface area contributed by atoms with Crippen molar-refractivity contribution in [2.24, 2.45) is 5.10 Å². The Morgan fingerprint density at radius 1 is 1.11 bits per heavy atom. The molecular formula is C23H21ClN2O2. The van der Waals surface area contributed by atoms with Crippen molar-refractivity contribution in [1.29, 1.82) is 0 Å². The molecule has 3 aromatic rings. The minimum atomic E-state index is -0.285. The smallest absolute Gasteiger partial charge is 0.213 e. The van der Waals surface area contributed by atoms with Gasteiger partial charge in [0.1, 0.15) is 17.2 Å². The van der Waals surface area contributed by atoms with Crippen LogP contribution in [0.1, 0.15) is 60.9 Å². The van der Waals surface area contributed by atoms with E-state index >= 15 is 0 Å². The largest absolute Gasteiger partial charge is 0.464 e. The Morgan fingerprint density at radius 3 is 2.64 bits per heavy atom. The van der Waals surface area contributed by atoms with Gasteiger partial charge in [-0.25, -0.2) is 5.01 Å². The predicted octanol–water partition coefficient (Wildman–Crippen LogP) is 6.30. The third-order valence-electron chi connectivity index (χ3n) is 5.45. The number of fused-ring (bicyclic) bond motifs is 3. The maximum Gasteiger partial charge on any atom is 0.213 e. The summed E-state index contributed by atoms with van der Waals surface area (Å²) in [6.07, 6.45) is 2.15. The minimum Gasteiger partial charge on any atom is -0.464 e. The van der Waals surface area contributed by atoms with Gasteiger partial charge in [-0.1, -0.05) is 49.7 Å². The van der Waals surface area contributed by atoms with Crippen LogP contribution < -0.4 is 4.74 Å². The second-order valence-corrected chi connectivity index (χ2v) is 8.03. The van der Waals surface area contributed by atoms with Crippen LogP contribution in [-0.2, 0) is 0 Å². The number of hydrogen-bond donors (Lipinski definition) is 0. The number of nitrogens with zero attached hydrogens (tertiary/aromatic N) is 2. The van der Waals surface area contributed by atoms with Gasteiger partial charge in [-0.2, -0.15) is 5.10 Å². The molecule has 0 spiro atoms. The van der Waals surface area contributed by atoms with E-state index in [9.17, 15) is 0 Å². The van der Waals surface area contributed by atoms with Crippen LogP contribution in [0.2, 0.25) is 5.02 Å². The van der Waals surface area contributed by atoms with Crippen LogP contribution >= 0.6 is 11.6 Å². The van der Waals surface area contributed by atoms with Crippen molar-refractivity contribution in [1.82, 2.24) is 5.01 Å². The highest BCUT2D eigenvalue weighted by Crippen LogP contribution is 2.48. The summed E-state index contributed by atoms with van der Waals surface area (Å²) in [4.78, 5) is 0. The van der Waals surface area contributed by atoms with Gasteiger partial charge < -0.3 is 9.15 Å². The topological polar surface area (TPSA) is 38.0 Å². The summed E-state index contributed by atoms with van der Waals surface area (Å²) in [6.45, 7) is 4.39. The lowest BCUT2D eigenvalue weighted by Gasteiger charge is -2.38. The Labute approximate surface area is 169 Å². The summed E-state index contributed by atoms with van der Waals surface area (Å²) < 4.78 is 12.0. The standard InChI is InChI=1S/C23H21ClN2O2/c1-14(2)15-5-7-16(8-6-15)23-26-20(13-19(25-26)22-4-3-11-27-22)18-12-17(24)9-10-21(18)28-23/h3-12,14,20,23H,13H2,1-2H3/t20-,23-/m0/s1. The summed E-state index contributed by atoms with van der Waals surface area (Å²) in [5.41, 5.74) is 4.38. The first-order valence-electron chi connectivity index (χ1n) is 9.56. The number of halogens is 1. The molecule has 0 aliphatic carbocycles. The summed E-state index contributed by atoms with van der Waals surface area (Å²) in [7, 11) is 0. The van der Waals surface area contributed by atoms with Crippen LogP contribution in [0, 0.1) is 0 Å². The second-order valence-electron chi connectivity index (χ2n) is 7.60. The van der Waals surface area contributed by atoms with Crippen molar-refractivity contribution < 1.29 is 9.15 Å². The van der Waals surface area contributed by atoms with Crippen LogP contribution in [-0.4, -0.2) is 10.7 Å². The number of rotatable bonds is 3. The fourth-order valence-corrected chi connectivity index (χ4v) is 4.10. The summed E-state index contributed by atoms with van der Waals surface area (Å²) in [5.74, 6) is 2.15. The molecule has 4 nitrogen and oxygen atoms in total. The van der Waals surface area contributed by atoms with Crippen LogP contribution in [0.25, 0.3) is 0 Å². The van der Waals surface area contributed by atoms with E-state index in [1.807, 2.05) is 35.3 Å². The molecule has 0 N–H and O–H groups in total. The second kappa shape index (κ2) is 6.71. The molecule has 142 valence electrons. The molecule has 0 unspecified atom stereocenters. The Morgan fingerprint density at radius 2 is 1.93 bits per heavy atom. The lowest BCUT2D eigenvalue weighted by atomic mass is 9.96. The molecule has 2 aliphatic rings. The van der Waals surface area contributed by atoms with Crippen LogP contribution in [0.15, 0.2) is 70.4 Å². The molecular weight excluding hydrogens is 372 g/mol. The van der Waals surface area contributed by atoms with Gasteiger partial charge in [0.15, 0.2) is 0 Å². The molecule has 3 heterocycles. The Hall–Kier alpha value is -2.72. The van der Waals surface area contributed by atoms with Gasteiger partial charge in [0.25, 0.3) is 0 Å². The van der Waals surface area contributed by atoms with Crippen LogP contribution in [0.5, 0.6) is 5.75 Å². The van der Waals surface area contributed by atoms with Gasteiger partial charge in [0.05, 0.1) is 12.3 Å². The molecule has 2 atom stereocenters. The van der Waals surface area contributed by atoms with Gasteiger partial charge >= 0.3 is 0 Å². The number of hydrazone groups is 1. The van der Waals surface area contributed by atoms with E-state index in [0.29, 0.717) is 10.9 Å². The molecule has 0 amide bonds. The number of ether oxygens (including phenoxy) is 1. The third kappa shape index (κ3) is 2.89. The third-order valence-corrected chi connectivity index (χ3v) is 5.68. The Bertz CT molecular complexity index is 1030. The van der Waals surface area contributed by atoms with Gasteiger partial charge in [-0.3, -0.25) is 0 Å². The average molecular weight is 393 g/mol. The van der Waals surface area contributed by atoms with E-state index in [0.717, 1.165) is 34.8 Å². The number of hydrogen-bond acceptors (Lipinski definition) is 4. The SMILES string of the molecule is CC(C)c1ccc([C@@H]2Oc3ccc(Cl)cc3[C@@H]3CC(c4ccco4)=NN32)cc1. The molecule has 28 heavy (non-hydrogen) atoms. The molecule has 0 saturated carbocycles. The van der Waals surface area contributed by atoms with E-state index < -0.39 is 0 Å². The van der Waals surface area contributed by atoms with Gasteiger partial charge in [-0.05, 0) is 41.8 Å². The zero-order valence-electron chi connectivity index (χ0n) is 15.8. The van der Waals surface area contributed by atoms with Crippen molar-refractivity contribution in [3.05, 3.63) is 88.3 Å².